The summed E-state index contributed by atoms with van der Waals surface area (Å²) in [6, 6.07) is 7.07. The monoisotopic (exact) mass is 375 g/mol. The molecule has 2 heterocycles. The van der Waals surface area contributed by atoms with Crippen LogP contribution in [0, 0.1) is 6.92 Å². The molecule has 1 aliphatic rings. The van der Waals surface area contributed by atoms with E-state index in [1.54, 1.807) is 19.1 Å². The molecule has 26 heavy (non-hydrogen) atoms. The van der Waals surface area contributed by atoms with Crippen molar-refractivity contribution in [2.24, 2.45) is 0 Å². The van der Waals surface area contributed by atoms with Crippen LogP contribution in [0.4, 0.5) is 11.4 Å². The molecule has 6 nitrogen and oxygen atoms in total. The quantitative estimate of drug-likeness (QED) is 0.837. The number of nitrogens with one attached hydrogen (secondary N) is 2. The number of rotatable bonds is 5. The first kappa shape index (κ1) is 18.3. The molecule has 0 unspecified atom stereocenters. The summed E-state index contributed by atoms with van der Waals surface area (Å²) in [4.78, 5) is 26.3. The molecule has 0 aliphatic carbocycles. The normalized spacial score (nSPS) is 14.2. The summed E-state index contributed by atoms with van der Waals surface area (Å²) in [5.41, 5.74) is 2.02. The fourth-order valence-electron chi connectivity index (χ4n) is 3.06. The molecule has 2 aromatic rings. The van der Waals surface area contributed by atoms with Gasteiger partial charge in [0.05, 0.1) is 29.1 Å². The van der Waals surface area contributed by atoms with Crippen LogP contribution in [0.5, 0.6) is 0 Å². The number of aryl methyl sites for hydroxylation is 1. The molecular weight excluding hydrogens is 354 g/mol. The summed E-state index contributed by atoms with van der Waals surface area (Å²) in [6.45, 7) is 3.57. The third kappa shape index (κ3) is 4.38. The van der Waals surface area contributed by atoms with Crippen LogP contribution in [-0.4, -0.2) is 31.4 Å². The Hall–Kier alpha value is -2.47. The van der Waals surface area contributed by atoms with E-state index in [2.05, 4.69) is 15.5 Å². The Morgan fingerprint density at radius 2 is 1.96 bits per heavy atom. The molecule has 1 aromatic carbocycles. The molecule has 2 amide bonds. The summed E-state index contributed by atoms with van der Waals surface area (Å²) in [5.74, 6) is -0.144. The fraction of sp³-hybridized carbons (Fsp3) is 0.368. The number of carbonyl (C=O) groups is 2. The molecule has 0 radical (unpaired) electrons. The predicted molar refractivity (Wildman–Crippen MR) is 102 cm³/mol. The summed E-state index contributed by atoms with van der Waals surface area (Å²) >= 11 is 6.39. The van der Waals surface area contributed by atoms with Crippen LogP contribution in [0.2, 0.25) is 5.02 Å². The van der Waals surface area contributed by atoms with E-state index >= 15 is 0 Å². The first-order valence-corrected chi connectivity index (χ1v) is 9.09. The molecule has 138 valence electrons. The maximum absolute atomic E-state index is 12.1. The minimum absolute atomic E-state index is 0.130. The molecule has 1 aliphatic heterocycles. The number of hydrogen-bond acceptors (Lipinski definition) is 4. The molecule has 7 heteroatoms. The predicted octanol–water partition coefficient (Wildman–Crippen LogP) is 3.60. The lowest BCUT2D eigenvalue weighted by molar-refractivity contribution is -0.115. The number of piperidine rings is 1. The van der Waals surface area contributed by atoms with E-state index in [4.69, 9.17) is 16.0 Å². The number of nitrogens with zero attached hydrogens (tertiary/aromatic N) is 1. The van der Waals surface area contributed by atoms with Crippen LogP contribution < -0.4 is 15.5 Å². The fourth-order valence-corrected chi connectivity index (χ4v) is 3.36. The van der Waals surface area contributed by atoms with Gasteiger partial charge < -0.3 is 20.0 Å². The smallest absolute Gasteiger partial charge is 0.255 e. The summed E-state index contributed by atoms with van der Waals surface area (Å²) < 4.78 is 5.08. The number of hydrogen-bond donors (Lipinski definition) is 2. The highest BCUT2D eigenvalue weighted by atomic mass is 35.5. The maximum atomic E-state index is 12.1. The Balaban J connectivity index is 1.55. The lowest BCUT2D eigenvalue weighted by Crippen LogP contribution is -2.33. The van der Waals surface area contributed by atoms with Gasteiger partial charge in [-0.2, -0.15) is 0 Å². The zero-order chi connectivity index (χ0) is 18.5. The van der Waals surface area contributed by atoms with Crippen molar-refractivity contribution in [1.29, 1.82) is 0 Å². The molecule has 2 N–H and O–H groups in total. The average molecular weight is 376 g/mol. The van der Waals surface area contributed by atoms with Crippen LogP contribution in [0.3, 0.4) is 0 Å². The largest absolute Gasteiger partial charge is 0.469 e. The second-order valence-electron chi connectivity index (χ2n) is 6.34. The molecule has 0 atom stereocenters. The average Bonchev–Trinajstić information content (AvgIpc) is 3.06. The van der Waals surface area contributed by atoms with E-state index in [-0.39, 0.29) is 18.4 Å². The molecule has 1 saturated heterocycles. The highest BCUT2D eigenvalue weighted by Gasteiger charge is 2.15. The van der Waals surface area contributed by atoms with Crippen LogP contribution in [0.1, 0.15) is 35.4 Å². The maximum Gasteiger partial charge on any atom is 0.255 e. The van der Waals surface area contributed by atoms with Gasteiger partial charge in [0, 0.05) is 18.8 Å². The van der Waals surface area contributed by atoms with Crippen molar-refractivity contribution >= 4 is 34.8 Å². The van der Waals surface area contributed by atoms with Gasteiger partial charge in [0.25, 0.3) is 5.91 Å². The van der Waals surface area contributed by atoms with Gasteiger partial charge in [-0.1, -0.05) is 11.6 Å². The summed E-state index contributed by atoms with van der Waals surface area (Å²) in [7, 11) is 0. The number of carbonyl (C=O) groups excluding carboxylic acids is 2. The lowest BCUT2D eigenvalue weighted by atomic mass is 10.1. The van der Waals surface area contributed by atoms with Gasteiger partial charge in [-0.3, -0.25) is 9.59 Å². The highest BCUT2D eigenvalue weighted by Crippen LogP contribution is 2.30. The third-order valence-electron chi connectivity index (χ3n) is 4.44. The van der Waals surface area contributed by atoms with Crippen molar-refractivity contribution < 1.29 is 14.0 Å². The topological polar surface area (TPSA) is 74.6 Å². The van der Waals surface area contributed by atoms with Gasteiger partial charge in [0.1, 0.15) is 5.76 Å². The Morgan fingerprint density at radius 3 is 2.62 bits per heavy atom. The second-order valence-corrected chi connectivity index (χ2v) is 6.74. The molecular formula is C19H22ClN3O3. The van der Waals surface area contributed by atoms with Crippen molar-refractivity contribution in [3.63, 3.8) is 0 Å². The van der Waals surface area contributed by atoms with Crippen molar-refractivity contribution in [2.45, 2.75) is 26.2 Å². The molecule has 0 saturated carbocycles. The Bertz CT molecular complexity index is 797. The zero-order valence-corrected chi connectivity index (χ0v) is 15.4. The number of halogens is 1. The van der Waals surface area contributed by atoms with E-state index < -0.39 is 0 Å². The standard InChI is InChI=1S/C19H22ClN3O3/c1-13-15(7-10-26-13)19(25)21-12-18(24)22-14-5-6-17(16(20)11-14)23-8-3-2-4-9-23/h5-7,10-11H,2-4,8-9,12H2,1H3,(H,21,25)(H,22,24). The molecule has 0 bridgehead atoms. The minimum atomic E-state index is -0.343. The van der Waals surface area contributed by atoms with E-state index in [0.717, 1.165) is 18.8 Å². The zero-order valence-electron chi connectivity index (χ0n) is 14.7. The molecule has 1 aromatic heterocycles. The molecule has 3 rings (SSSR count). The first-order chi connectivity index (χ1) is 12.5. The molecule has 0 spiro atoms. The summed E-state index contributed by atoms with van der Waals surface area (Å²) in [5, 5.41) is 5.93. The van der Waals surface area contributed by atoms with Gasteiger partial charge in [-0.15, -0.1) is 0 Å². The van der Waals surface area contributed by atoms with Gasteiger partial charge in [-0.05, 0) is 50.5 Å². The van der Waals surface area contributed by atoms with Gasteiger partial charge in [0.15, 0.2) is 0 Å². The van der Waals surface area contributed by atoms with E-state index in [1.165, 1.54) is 25.5 Å². The van der Waals surface area contributed by atoms with Gasteiger partial charge in [-0.25, -0.2) is 0 Å². The Kier molecular flexibility index (Phi) is 5.83. The highest BCUT2D eigenvalue weighted by molar-refractivity contribution is 6.33. The third-order valence-corrected chi connectivity index (χ3v) is 4.74. The minimum Gasteiger partial charge on any atom is -0.469 e. The van der Waals surface area contributed by atoms with Crippen molar-refractivity contribution in [3.8, 4) is 0 Å². The van der Waals surface area contributed by atoms with E-state index in [1.807, 2.05) is 12.1 Å². The van der Waals surface area contributed by atoms with Crippen LogP contribution >= 0.6 is 11.6 Å². The van der Waals surface area contributed by atoms with Gasteiger partial charge >= 0.3 is 0 Å². The molecule has 1 fully saturated rings. The SMILES string of the molecule is Cc1occc1C(=O)NCC(=O)Nc1ccc(N2CCCCC2)c(Cl)c1. The number of anilines is 2. The van der Waals surface area contributed by atoms with Crippen molar-refractivity contribution in [2.75, 3.05) is 29.9 Å². The van der Waals surface area contributed by atoms with Gasteiger partial charge in [0.2, 0.25) is 5.91 Å². The van der Waals surface area contributed by atoms with Crippen LogP contribution in [0.25, 0.3) is 0 Å². The Labute approximate surface area is 157 Å². The van der Waals surface area contributed by atoms with E-state index in [9.17, 15) is 9.59 Å². The first-order valence-electron chi connectivity index (χ1n) is 8.71. The Morgan fingerprint density at radius 1 is 1.19 bits per heavy atom. The number of amides is 2. The number of benzene rings is 1. The van der Waals surface area contributed by atoms with Crippen molar-refractivity contribution in [3.05, 3.63) is 46.9 Å². The van der Waals surface area contributed by atoms with Crippen LogP contribution in [-0.2, 0) is 4.79 Å². The number of furan rings is 1. The second kappa shape index (κ2) is 8.27. The van der Waals surface area contributed by atoms with Crippen LogP contribution in [0.15, 0.2) is 34.9 Å². The summed E-state index contributed by atoms with van der Waals surface area (Å²) in [6.07, 6.45) is 5.04. The lowest BCUT2D eigenvalue weighted by Gasteiger charge is -2.29. The van der Waals surface area contributed by atoms with Crippen molar-refractivity contribution in [1.82, 2.24) is 5.32 Å². The van der Waals surface area contributed by atoms with E-state index in [0.29, 0.717) is 22.0 Å².